The van der Waals surface area contributed by atoms with Gasteiger partial charge in [-0.15, -0.1) is 16.7 Å². The number of aromatic nitrogens is 3. The van der Waals surface area contributed by atoms with Crippen LogP contribution in [-0.4, -0.2) is 34.8 Å². The minimum Gasteiger partial charge on any atom is -0.235 e. The van der Waals surface area contributed by atoms with E-state index in [0.29, 0.717) is 12.3 Å². The Bertz CT molecular complexity index is 480. The molecule has 0 spiro atoms. The lowest BCUT2D eigenvalue weighted by Crippen LogP contribution is -2.44. The monoisotopic (exact) mass is 344 g/mol. The third-order valence-corrected chi connectivity index (χ3v) is 4.90. The SMILES string of the molecule is Cn1nnc(Br)c1S(=O)(=O)NC(C)(C)CCCl. The molecule has 0 aliphatic carbocycles. The first kappa shape index (κ1) is 14.9. The zero-order valence-electron chi connectivity index (χ0n) is 9.74. The van der Waals surface area contributed by atoms with E-state index in [-0.39, 0.29) is 9.63 Å². The standard InChI is InChI=1S/C8H14BrClN4O2S/c1-8(2,4-5-10)12-17(15,16)7-6(9)11-13-14(7)3/h12H,4-5H2,1-3H3. The van der Waals surface area contributed by atoms with Crippen molar-refractivity contribution in [1.29, 1.82) is 0 Å². The third-order valence-electron chi connectivity index (χ3n) is 2.12. The molecule has 0 fully saturated rings. The molecule has 1 aromatic heterocycles. The van der Waals surface area contributed by atoms with Crippen molar-refractivity contribution in [3.63, 3.8) is 0 Å². The number of halogens is 2. The molecule has 0 saturated heterocycles. The predicted molar refractivity (Wildman–Crippen MR) is 68.4 cm³/mol. The van der Waals surface area contributed by atoms with Crippen LogP contribution >= 0.6 is 27.5 Å². The summed E-state index contributed by atoms with van der Waals surface area (Å²) in [6, 6.07) is 0. The molecule has 0 atom stereocenters. The maximum Gasteiger partial charge on any atom is 0.261 e. The molecular formula is C8H14BrClN4O2S. The van der Waals surface area contributed by atoms with Crippen LogP contribution in [0.1, 0.15) is 20.3 Å². The van der Waals surface area contributed by atoms with E-state index in [1.807, 2.05) is 0 Å². The number of aryl methyl sites for hydroxylation is 1. The van der Waals surface area contributed by atoms with E-state index < -0.39 is 15.6 Å². The van der Waals surface area contributed by atoms with E-state index in [0.717, 1.165) is 0 Å². The van der Waals surface area contributed by atoms with Crippen LogP contribution < -0.4 is 4.72 Å². The van der Waals surface area contributed by atoms with E-state index in [4.69, 9.17) is 11.6 Å². The molecule has 0 amide bonds. The molecule has 98 valence electrons. The Morgan fingerprint density at radius 3 is 2.53 bits per heavy atom. The lowest BCUT2D eigenvalue weighted by Gasteiger charge is -2.24. The van der Waals surface area contributed by atoms with Gasteiger partial charge in [-0.2, -0.15) is 0 Å². The van der Waals surface area contributed by atoms with Gasteiger partial charge in [-0.25, -0.2) is 17.8 Å². The number of nitrogens with one attached hydrogen (secondary N) is 1. The van der Waals surface area contributed by atoms with Gasteiger partial charge in [0.15, 0.2) is 4.60 Å². The molecular weight excluding hydrogens is 332 g/mol. The van der Waals surface area contributed by atoms with Crippen LogP contribution in [0.2, 0.25) is 0 Å². The van der Waals surface area contributed by atoms with Gasteiger partial charge in [0.2, 0.25) is 5.03 Å². The summed E-state index contributed by atoms with van der Waals surface area (Å²) in [5, 5.41) is 7.28. The number of hydrogen-bond acceptors (Lipinski definition) is 4. The zero-order valence-corrected chi connectivity index (χ0v) is 12.9. The van der Waals surface area contributed by atoms with E-state index in [1.165, 1.54) is 11.7 Å². The molecule has 1 N–H and O–H groups in total. The van der Waals surface area contributed by atoms with Gasteiger partial charge in [0.1, 0.15) is 0 Å². The van der Waals surface area contributed by atoms with Crippen molar-refractivity contribution in [3.8, 4) is 0 Å². The molecule has 0 aliphatic heterocycles. The fourth-order valence-electron chi connectivity index (χ4n) is 1.31. The Labute approximate surface area is 114 Å². The van der Waals surface area contributed by atoms with Crippen molar-refractivity contribution in [2.75, 3.05) is 5.88 Å². The minimum atomic E-state index is -3.68. The minimum absolute atomic E-state index is 0.000137. The van der Waals surface area contributed by atoms with Gasteiger partial charge in [0.05, 0.1) is 0 Å². The normalized spacial score (nSPS) is 13.0. The van der Waals surface area contributed by atoms with Crippen molar-refractivity contribution < 1.29 is 8.42 Å². The first-order valence-corrected chi connectivity index (χ1v) is 7.66. The summed E-state index contributed by atoms with van der Waals surface area (Å²) < 4.78 is 28.2. The van der Waals surface area contributed by atoms with E-state index in [2.05, 4.69) is 31.0 Å². The number of sulfonamides is 1. The van der Waals surface area contributed by atoms with Gasteiger partial charge < -0.3 is 0 Å². The van der Waals surface area contributed by atoms with Crippen LogP contribution in [0, 0.1) is 0 Å². The number of rotatable bonds is 5. The fourth-order valence-corrected chi connectivity index (χ4v) is 4.32. The van der Waals surface area contributed by atoms with Gasteiger partial charge >= 0.3 is 0 Å². The summed E-state index contributed by atoms with van der Waals surface area (Å²) in [5.41, 5.74) is -0.621. The summed E-state index contributed by atoms with van der Waals surface area (Å²) in [6.07, 6.45) is 0.524. The maximum absolute atomic E-state index is 12.1. The smallest absolute Gasteiger partial charge is 0.235 e. The van der Waals surface area contributed by atoms with Gasteiger partial charge in [0.25, 0.3) is 10.0 Å². The van der Waals surface area contributed by atoms with Crippen LogP contribution in [-0.2, 0) is 17.1 Å². The maximum atomic E-state index is 12.1. The van der Waals surface area contributed by atoms with Crippen molar-refractivity contribution in [1.82, 2.24) is 19.7 Å². The molecule has 0 aromatic carbocycles. The molecule has 6 nitrogen and oxygen atoms in total. The Morgan fingerprint density at radius 2 is 2.12 bits per heavy atom. The first-order valence-electron chi connectivity index (χ1n) is 4.85. The van der Waals surface area contributed by atoms with Crippen LogP contribution in [0.25, 0.3) is 0 Å². The summed E-state index contributed by atoms with van der Waals surface area (Å²) in [4.78, 5) is 0. The highest BCUT2D eigenvalue weighted by Crippen LogP contribution is 2.21. The highest BCUT2D eigenvalue weighted by Gasteiger charge is 2.30. The Kier molecular flexibility index (Phi) is 4.56. The second-order valence-electron chi connectivity index (χ2n) is 4.24. The fraction of sp³-hybridized carbons (Fsp3) is 0.750. The van der Waals surface area contributed by atoms with E-state index in [9.17, 15) is 8.42 Å². The summed E-state index contributed by atoms with van der Waals surface area (Å²) >= 11 is 8.69. The second kappa shape index (κ2) is 5.21. The highest BCUT2D eigenvalue weighted by atomic mass is 79.9. The number of alkyl halides is 1. The molecule has 17 heavy (non-hydrogen) atoms. The highest BCUT2D eigenvalue weighted by molar-refractivity contribution is 9.10. The molecule has 1 aromatic rings. The van der Waals surface area contributed by atoms with E-state index >= 15 is 0 Å². The van der Waals surface area contributed by atoms with Crippen LogP contribution in [0.5, 0.6) is 0 Å². The van der Waals surface area contributed by atoms with E-state index in [1.54, 1.807) is 13.8 Å². The Balaban J connectivity index is 3.06. The summed E-state index contributed by atoms with van der Waals surface area (Å²) in [5.74, 6) is 0.375. The number of hydrogen-bond donors (Lipinski definition) is 1. The molecule has 9 heteroatoms. The average Bonchev–Trinajstić information content (AvgIpc) is 2.43. The van der Waals surface area contributed by atoms with Crippen molar-refractivity contribution in [2.45, 2.75) is 30.8 Å². The third kappa shape index (κ3) is 3.64. The van der Waals surface area contributed by atoms with Gasteiger partial charge in [-0.1, -0.05) is 5.21 Å². The second-order valence-corrected chi connectivity index (χ2v) is 6.96. The molecule has 1 heterocycles. The lowest BCUT2D eigenvalue weighted by atomic mass is 10.0. The quantitative estimate of drug-likeness (QED) is 0.815. The molecule has 1 rings (SSSR count). The average molecular weight is 346 g/mol. The van der Waals surface area contributed by atoms with Crippen molar-refractivity contribution in [2.24, 2.45) is 7.05 Å². The number of nitrogens with zero attached hydrogens (tertiary/aromatic N) is 3. The topological polar surface area (TPSA) is 76.9 Å². The summed E-state index contributed by atoms with van der Waals surface area (Å²) in [7, 11) is -2.16. The van der Waals surface area contributed by atoms with Crippen molar-refractivity contribution in [3.05, 3.63) is 4.60 Å². The van der Waals surface area contributed by atoms with Gasteiger partial charge in [-0.3, -0.25) is 0 Å². The largest absolute Gasteiger partial charge is 0.261 e. The van der Waals surface area contributed by atoms with Crippen LogP contribution in [0.4, 0.5) is 0 Å². The van der Waals surface area contributed by atoms with Crippen molar-refractivity contribution >= 4 is 37.6 Å². The molecule has 0 bridgehead atoms. The summed E-state index contributed by atoms with van der Waals surface area (Å²) in [6.45, 7) is 3.54. The predicted octanol–water partition coefficient (Wildman–Crippen LogP) is 1.26. The van der Waals surface area contributed by atoms with Crippen LogP contribution in [0.3, 0.4) is 0 Å². The van der Waals surface area contributed by atoms with Gasteiger partial charge in [0, 0.05) is 18.5 Å². The molecule has 0 unspecified atom stereocenters. The Morgan fingerprint density at radius 1 is 1.53 bits per heavy atom. The molecule has 0 radical (unpaired) electrons. The van der Waals surface area contributed by atoms with Crippen LogP contribution in [0.15, 0.2) is 9.63 Å². The zero-order chi connectivity index (χ0) is 13.3. The lowest BCUT2D eigenvalue weighted by molar-refractivity contribution is 0.438. The first-order chi connectivity index (χ1) is 7.69. The molecule has 0 saturated carbocycles. The van der Waals surface area contributed by atoms with Gasteiger partial charge in [-0.05, 0) is 36.2 Å². The Hall–Kier alpha value is -0.180. The molecule has 0 aliphatic rings.